The molecule has 0 spiro atoms. The molecule has 0 saturated heterocycles. The van der Waals surface area contributed by atoms with E-state index in [-0.39, 0.29) is 11.7 Å². The van der Waals surface area contributed by atoms with Gasteiger partial charge in [0.1, 0.15) is 17.2 Å². The minimum Gasteiger partial charge on any atom is -0.492 e. The van der Waals surface area contributed by atoms with Crippen LogP contribution >= 0.6 is 11.6 Å². The number of aromatic hydroxyl groups is 1. The van der Waals surface area contributed by atoms with E-state index in [2.05, 4.69) is 5.10 Å². The van der Waals surface area contributed by atoms with Gasteiger partial charge in [-0.2, -0.15) is 9.78 Å². The van der Waals surface area contributed by atoms with Crippen molar-refractivity contribution in [3.63, 3.8) is 0 Å². The molecule has 116 valence electrons. The fourth-order valence-corrected chi connectivity index (χ4v) is 3.08. The average Bonchev–Trinajstić information content (AvgIpc) is 2.86. The zero-order valence-corrected chi connectivity index (χ0v) is 13.0. The SMILES string of the molecule is CN1Cc2cc(F)ccc2-c2nn(-c3ccc(Cl)cc3)c(O)c21. The van der Waals surface area contributed by atoms with Gasteiger partial charge in [-0.1, -0.05) is 11.6 Å². The van der Waals surface area contributed by atoms with Gasteiger partial charge < -0.3 is 10.0 Å². The van der Waals surface area contributed by atoms with Gasteiger partial charge in [-0.15, -0.1) is 0 Å². The Morgan fingerprint density at radius 2 is 1.91 bits per heavy atom. The second-order valence-corrected chi connectivity index (χ2v) is 6.00. The summed E-state index contributed by atoms with van der Waals surface area (Å²) < 4.78 is 14.9. The summed E-state index contributed by atoms with van der Waals surface area (Å²) in [6.07, 6.45) is 0. The second kappa shape index (κ2) is 4.99. The Balaban J connectivity index is 1.93. The van der Waals surface area contributed by atoms with Crippen LogP contribution in [0.2, 0.25) is 5.02 Å². The van der Waals surface area contributed by atoms with Gasteiger partial charge in [0.05, 0.1) is 5.69 Å². The van der Waals surface area contributed by atoms with Crippen LogP contribution in [0.15, 0.2) is 42.5 Å². The predicted octanol–water partition coefficient (Wildman–Crippen LogP) is 3.99. The number of benzene rings is 2. The molecule has 0 saturated carbocycles. The molecule has 6 heteroatoms. The highest BCUT2D eigenvalue weighted by Gasteiger charge is 2.28. The number of nitrogens with zero attached hydrogens (tertiary/aromatic N) is 3. The molecule has 0 fully saturated rings. The van der Waals surface area contributed by atoms with Crippen LogP contribution in [-0.2, 0) is 6.54 Å². The molecule has 4 rings (SSSR count). The second-order valence-electron chi connectivity index (χ2n) is 5.57. The molecule has 0 amide bonds. The van der Waals surface area contributed by atoms with Crippen LogP contribution in [0.3, 0.4) is 0 Å². The molecule has 23 heavy (non-hydrogen) atoms. The first-order chi connectivity index (χ1) is 11.0. The Kier molecular flexibility index (Phi) is 3.06. The molecule has 1 aromatic heterocycles. The van der Waals surface area contributed by atoms with E-state index in [1.165, 1.54) is 16.8 Å². The smallest absolute Gasteiger partial charge is 0.239 e. The first-order valence-electron chi connectivity index (χ1n) is 7.12. The van der Waals surface area contributed by atoms with E-state index in [1.54, 1.807) is 30.3 Å². The molecule has 0 atom stereocenters. The molecule has 4 nitrogen and oxygen atoms in total. The van der Waals surface area contributed by atoms with Crippen molar-refractivity contribution in [2.75, 3.05) is 11.9 Å². The Bertz CT molecular complexity index is 905. The van der Waals surface area contributed by atoms with Crippen molar-refractivity contribution in [3.8, 4) is 22.8 Å². The summed E-state index contributed by atoms with van der Waals surface area (Å²) in [5.41, 5.74) is 3.67. The predicted molar refractivity (Wildman–Crippen MR) is 87.7 cm³/mol. The quantitative estimate of drug-likeness (QED) is 0.734. The van der Waals surface area contributed by atoms with E-state index in [0.717, 1.165) is 11.1 Å². The van der Waals surface area contributed by atoms with Crippen molar-refractivity contribution in [2.45, 2.75) is 6.54 Å². The third kappa shape index (κ3) is 2.16. The molecule has 3 aromatic rings. The molecule has 2 aromatic carbocycles. The van der Waals surface area contributed by atoms with Gasteiger partial charge in [0, 0.05) is 24.2 Å². The lowest BCUT2D eigenvalue weighted by Gasteiger charge is -2.25. The third-order valence-corrected chi connectivity index (χ3v) is 4.27. The average molecular weight is 330 g/mol. The van der Waals surface area contributed by atoms with E-state index in [9.17, 15) is 9.50 Å². The topological polar surface area (TPSA) is 41.3 Å². The lowest BCUT2D eigenvalue weighted by molar-refractivity contribution is 0.433. The van der Waals surface area contributed by atoms with Crippen LogP contribution in [0.25, 0.3) is 16.9 Å². The summed E-state index contributed by atoms with van der Waals surface area (Å²) in [4.78, 5) is 1.87. The highest BCUT2D eigenvalue weighted by molar-refractivity contribution is 6.30. The zero-order chi connectivity index (χ0) is 16.1. The van der Waals surface area contributed by atoms with Gasteiger partial charge in [0.2, 0.25) is 5.88 Å². The zero-order valence-electron chi connectivity index (χ0n) is 12.3. The number of hydrogen-bond donors (Lipinski definition) is 1. The van der Waals surface area contributed by atoms with Crippen LogP contribution in [0, 0.1) is 5.82 Å². The fraction of sp³-hybridized carbons (Fsp3) is 0.118. The molecular weight excluding hydrogens is 317 g/mol. The van der Waals surface area contributed by atoms with Crippen molar-refractivity contribution in [1.82, 2.24) is 9.78 Å². The molecule has 1 aliphatic rings. The van der Waals surface area contributed by atoms with Crippen LogP contribution in [0.5, 0.6) is 5.88 Å². The summed E-state index contributed by atoms with van der Waals surface area (Å²) in [7, 11) is 1.85. The largest absolute Gasteiger partial charge is 0.492 e. The van der Waals surface area contributed by atoms with Gasteiger partial charge in [-0.05, 0) is 48.0 Å². The fourth-order valence-electron chi connectivity index (χ4n) is 2.95. The highest BCUT2D eigenvalue weighted by atomic mass is 35.5. The standard InChI is InChI=1S/C17H13ClFN3O/c1-21-9-10-8-12(19)4-7-14(10)15-16(21)17(23)22(20-15)13-5-2-11(18)3-6-13/h2-8,23H,9H2,1H3. The molecule has 0 bridgehead atoms. The van der Waals surface area contributed by atoms with E-state index >= 15 is 0 Å². The molecule has 1 N–H and O–H groups in total. The molecule has 0 aliphatic carbocycles. The summed E-state index contributed by atoms with van der Waals surface area (Å²) in [6, 6.07) is 11.7. The van der Waals surface area contributed by atoms with Crippen LogP contribution < -0.4 is 4.90 Å². The van der Waals surface area contributed by atoms with E-state index in [1.807, 2.05) is 11.9 Å². The Morgan fingerprint density at radius 3 is 2.65 bits per heavy atom. The van der Waals surface area contributed by atoms with Crippen molar-refractivity contribution >= 4 is 17.3 Å². The van der Waals surface area contributed by atoms with E-state index in [0.29, 0.717) is 28.6 Å². The van der Waals surface area contributed by atoms with Crippen LogP contribution in [0.4, 0.5) is 10.1 Å². The van der Waals surface area contributed by atoms with E-state index in [4.69, 9.17) is 11.6 Å². The highest BCUT2D eigenvalue weighted by Crippen LogP contribution is 2.44. The maximum atomic E-state index is 13.5. The Hall–Kier alpha value is -2.53. The number of anilines is 1. The summed E-state index contributed by atoms with van der Waals surface area (Å²) >= 11 is 5.91. The lowest BCUT2D eigenvalue weighted by Crippen LogP contribution is -2.21. The molecule has 0 unspecified atom stereocenters. The summed E-state index contributed by atoms with van der Waals surface area (Å²) in [5, 5.41) is 15.7. The lowest BCUT2D eigenvalue weighted by atomic mass is 9.99. The van der Waals surface area contributed by atoms with Crippen LogP contribution in [0.1, 0.15) is 5.56 Å². The van der Waals surface area contributed by atoms with Crippen molar-refractivity contribution in [3.05, 3.63) is 58.9 Å². The maximum Gasteiger partial charge on any atom is 0.239 e. The van der Waals surface area contributed by atoms with Crippen molar-refractivity contribution < 1.29 is 9.50 Å². The number of aromatic nitrogens is 2. The van der Waals surface area contributed by atoms with Crippen molar-refractivity contribution in [2.24, 2.45) is 0 Å². The summed E-state index contributed by atoms with van der Waals surface area (Å²) in [6.45, 7) is 0.514. The Morgan fingerprint density at radius 1 is 1.17 bits per heavy atom. The van der Waals surface area contributed by atoms with Gasteiger partial charge in [0.25, 0.3) is 0 Å². The molecule has 0 radical (unpaired) electrons. The van der Waals surface area contributed by atoms with Gasteiger partial charge in [-0.25, -0.2) is 4.39 Å². The number of rotatable bonds is 1. The van der Waals surface area contributed by atoms with Crippen molar-refractivity contribution in [1.29, 1.82) is 0 Å². The molecule has 1 aliphatic heterocycles. The number of halogens is 2. The number of fused-ring (bicyclic) bond motifs is 3. The van der Waals surface area contributed by atoms with Crippen LogP contribution in [-0.4, -0.2) is 21.9 Å². The minimum absolute atomic E-state index is 0.0554. The first kappa shape index (κ1) is 14.1. The monoisotopic (exact) mass is 329 g/mol. The minimum atomic E-state index is -0.276. The van der Waals surface area contributed by atoms with Gasteiger partial charge in [-0.3, -0.25) is 0 Å². The number of hydrogen-bond acceptors (Lipinski definition) is 3. The summed E-state index contributed by atoms with van der Waals surface area (Å²) in [5.74, 6) is -0.221. The third-order valence-electron chi connectivity index (χ3n) is 4.02. The molecular formula is C17H13ClFN3O. The molecule has 2 heterocycles. The van der Waals surface area contributed by atoms with Gasteiger partial charge in [0.15, 0.2) is 0 Å². The van der Waals surface area contributed by atoms with E-state index < -0.39 is 0 Å². The maximum absolute atomic E-state index is 13.5. The first-order valence-corrected chi connectivity index (χ1v) is 7.50. The Labute approximate surface area is 137 Å². The normalized spacial score (nSPS) is 12.9. The van der Waals surface area contributed by atoms with Gasteiger partial charge >= 0.3 is 0 Å².